The normalized spacial score (nSPS) is 26.0. The summed E-state index contributed by atoms with van der Waals surface area (Å²) >= 11 is 0. The van der Waals surface area contributed by atoms with Gasteiger partial charge in [-0.1, -0.05) is 18.4 Å². The summed E-state index contributed by atoms with van der Waals surface area (Å²) < 4.78 is 0. The molecule has 2 aliphatic rings. The van der Waals surface area contributed by atoms with Gasteiger partial charge < -0.3 is 0 Å². The largest absolute Gasteiger partial charge is 0.298 e. The van der Waals surface area contributed by atoms with E-state index in [1.54, 1.807) is 0 Å². The zero-order valence-electron chi connectivity index (χ0n) is 9.76. The van der Waals surface area contributed by atoms with Crippen molar-refractivity contribution in [1.29, 1.82) is 0 Å². The number of piperidine rings is 1. The van der Waals surface area contributed by atoms with E-state index in [0.717, 1.165) is 12.1 Å². The Morgan fingerprint density at radius 2 is 2.13 bits per heavy atom. The Labute approximate surface area is 93.5 Å². The first-order valence-electron chi connectivity index (χ1n) is 6.12. The molecule has 0 aromatic rings. The molecule has 1 heteroatoms. The van der Waals surface area contributed by atoms with Crippen LogP contribution in [0, 0.1) is 17.8 Å². The number of allylic oxidation sites excluding steroid dienone is 1. The molecule has 0 unspecified atom stereocenters. The fraction of sp³-hybridized carbons (Fsp3) is 0.714. The molecule has 2 fully saturated rings. The Morgan fingerprint density at radius 1 is 1.40 bits per heavy atom. The predicted molar refractivity (Wildman–Crippen MR) is 64.5 cm³/mol. The molecule has 0 atom stereocenters. The van der Waals surface area contributed by atoms with Gasteiger partial charge in [0.25, 0.3) is 0 Å². The average Bonchev–Trinajstić information content (AvgIpc) is 2.24. The molecule has 0 amide bonds. The number of rotatable bonds is 2. The zero-order chi connectivity index (χ0) is 10.7. The van der Waals surface area contributed by atoms with E-state index >= 15 is 0 Å². The Balaban J connectivity index is 1.91. The zero-order valence-corrected chi connectivity index (χ0v) is 9.76. The van der Waals surface area contributed by atoms with E-state index in [9.17, 15) is 0 Å². The fourth-order valence-electron chi connectivity index (χ4n) is 2.99. The minimum absolute atomic E-state index is 0.686. The van der Waals surface area contributed by atoms with Crippen LogP contribution in [0.15, 0.2) is 11.6 Å². The molecule has 0 bridgehead atoms. The average molecular weight is 203 g/mol. The highest BCUT2D eigenvalue weighted by Gasteiger charge is 2.40. The Bertz CT molecular complexity index is 291. The summed E-state index contributed by atoms with van der Waals surface area (Å²) in [6.45, 7) is 5.56. The van der Waals surface area contributed by atoms with Gasteiger partial charge in [0.05, 0.1) is 0 Å². The third-order valence-electron chi connectivity index (χ3n) is 4.08. The van der Waals surface area contributed by atoms with E-state index in [0.29, 0.717) is 5.41 Å². The maximum absolute atomic E-state index is 5.47. The molecule has 1 spiro atoms. The second-order valence-electron chi connectivity index (χ2n) is 5.13. The molecule has 1 heterocycles. The maximum Gasteiger partial charge on any atom is 0.0310 e. The lowest BCUT2D eigenvalue weighted by Gasteiger charge is -2.49. The molecule has 82 valence electrons. The summed E-state index contributed by atoms with van der Waals surface area (Å²) in [6, 6.07) is 0. The van der Waals surface area contributed by atoms with Gasteiger partial charge in [0.1, 0.15) is 0 Å². The van der Waals surface area contributed by atoms with Crippen LogP contribution < -0.4 is 0 Å². The van der Waals surface area contributed by atoms with Crippen LogP contribution >= 0.6 is 0 Å². The summed E-state index contributed by atoms with van der Waals surface area (Å²) in [5.41, 5.74) is 1.83. The van der Waals surface area contributed by atoms with E-state index in [1.165, 1.54) is 45.2 Å². The van der Waals surface area contributed by atoms with Gasteiger partial charge in [-0.3, -0.25) is 4.90 Å². The molecule has 1 nitrogen and oxygen atoms in total. The second-order valence-corrected chi connectivity index (χ2v) is 5.13. The molecular weight excluding hydrogens is 182 g/mol. The number of hydrogen-bond acceptors (Lipinski definition) is 1. The molecule has 1 saturated carbocycles. The van der Waals surface area contributed by atoms with Crippen molar-refractivity contribution in [2.75, 3.05) is 19.6 Å². The highest BCUT2D eigenvalue weighted by molar-refractivity contribution is 5.26. The second kappa shape index (κ2) is 4.41. The van der Waals surface area contributed by atoms with Crippen LogP contribution in [0.3, 0.4) is 0 Å². The standard InChI is InChI=1S/C14H21N/c1-3-13(4-2)11-15-10-6-9-14(12-15)7-5-8-14/h1,4H,5-12H2,2H3. The molecule has 1 saturated heterocycles. The summed E-state index contributed by atoms with van der Waals surface area (Å²) in [5, 5.41) is 0. The molecule has 2 rings (SSSR count). The third kappa shape index (κ3) is 2.26. The fourth-order valence-corrected chi connectivity index (χ4v) is 2.99. The molecular formula is C14H21N. The van der Waals surface area contributed by atoms with Crippen molar-refractivity contribution >= 4 is 0 Å². The third-order valence-corrected chi connectivity index (χ3v) is 4.08. The topological polar surface area (TPSA) is 3.24 Å². The smallest absolute Gasteiger partial charge is 0.0310 e. The molecule has 1 aliphatic heterocycles. The van der Waals surface area contributed by atoms with Crippen LogP contribution in [-0.4, -0.2) is 24.5 Å². The monoisotopic (exact) mass is 203 g/mol. The van der Waals surface area contributed by atoms with Crippen molar-refractivity contribution in [3.05, 3.63) is 11.6 Å². The lowest BCUT2D eigenvalue weighted by molar-refractivity contribution is 0.0251. The number of likely N-dealkylation sites (tertiary alicyclic amines) is 1. The van der Waals surface area contributed by atoms with Gasteiger partial charge >= 0.3 is 0 Å². The Morgan fingerprint density at radius 3 is 2.67 bits per heavy atom. The summed E-state index contributed by atoms with van der Waals surface area (Å²) in [6.07, 6.45) is 14.7. The van der Waals surface area contributed by atoms with E-state index in [1.807, 2.05) is 6.92 Å². The van der Waals surface area contributed by atoms with Gasteiger partial charge in [0.2, 0.25) is 0 Å². The van der Waals surface area contributed by atoms with Crippen molar-refractivity contribution in [2.24, 2.45) is 5.41 Å². The van der Waals surface area contributed by atoms with Gasteiger partial charge in [-0.05, 0) is 44.6 Å². The van der Waals surface area contributed by atoms with Gasteiger partial charge in [-0.2, -0.15) is 0 Å². The van der Waals surface area contributed by atoms with Crippen molar-refractivity contribution < 1.29 is 0 Å². The van der Waals surface area contributed by atoms with Gasteiger partial charge in [-0.25, -0.2) is 0 Å². The van der Waals surface area contributed by atoms with Crippen molar-refractivity contribution in [2.45, 2.75) is 39.0 Å². The van der Waals surface area contributed by atoms with Crippen LogP contribution in [0.2, 0.25) is 0 Å². The summed E-state index contributed by atoms with van der Waals surface area (Å²) in [7, 11) is 0. The highest BCUT2D eigenvalue weighted by atomic mass is 15.1. The lowest BCUT2D eigenvalue weighted by Crippen LogP contribution is -2.47. The SMILES string of the molecule is C#CC(=CC)CN1CCCC2(CCC2)C1. The van der Waals surface area contributed by atoms with E-state index in [4.69, 9.17) is 6.42 Å². The first kappa shape index (κ1) is 10.8. The number of terminal acetylenes is 1. The summed E-state index contributed by atoms with van der Waals surface area (Å²) in [4.78, 5) is 2.55. The Hall–Kier alpha value is -0.740. The minimum atomic E-state index is 0.686. The van der Waals surface area contributed by atoms with Crippen molar-refractivity contribution in [3.63, 3.8) is 0 Å². The van der Waals surface area contributed by atoms with Crippen LogP contribution in [0.5, 0.6) is 0 Å². The molecule has 0 aromatic carbocycles. The maximum atomic E-state index is 5.47. The van der Waals surface area contributed by atoms with Gasteiger partial charge in [0, 0.05) is 18.7 Å². The minimum Gasteiger partial charge on any atom is -0.298 e. The highest BCUT2D eigenvalue weighted by Crippen LogP contribution is 2.47. The van der Waals surface area contributed by atoms with Crippen molar-refractivity contribution in [3.8, 4) is 12.3 Å². The number of nitrogens with zero attached hydrogens (tertiary/aromatic N) is 1. The quantitative estimate of drug-likeness (QED) is 0.624. The lowest BCUT2D eigenvalue weighted by atomic mass is 9.64. The molecule has 0 aromatic heterocycles. The predicted octanol–water partition coefficient (Wildman–Crippen LogP) is 2.83. The van der Waals surface area contributed by atoms with Crippen LogP contribution in [-0.2, 0) is 0 Å². The van der Waals surface area contributed by atoms with Crippen LogP contribution in [0.1, 0.15) is 39.0 Å². The van der Waals surface area contributed by atoms with E-state index < -0.39 is 0 Å². The van der Waals surface area contributed by atoms with E-state index in [2.05, 4.69) is 16.9 Å². The van der Waals surface area contributed by atoms with Crippen LogP contribution in [0.25, 0.3) is 0 Å². The summed E-state index contributed by atoms with van der Waals surface area (Å²) in [5.74, 6) is 2.78. The number of hydrogen-bond donors (Lipinski definition) is 0. The van der Waals surface area contributed by atoms with Crippen LogP contribution in [0.4, 0.5) is 0 Å². The first-order chi connectivity index (χ1) is 7.28. The van der Waals surface area contributed by atoms with E-state index in [-0.39, 0.29) is 0 Å². The van der Waals surface area contributed by atoms with Crippen molar-refractivity contribution in [1.82, 2.24) is 4.90 Å². The Kier molecular flexibility index (Phi) is 3.17. The molecule has 1 aliphatic carbocycles. The molecule has 0 radical (unpaired) electrons. The molecule has 15 heavy (non-hydrogen) atoms. The van der Waals surface area contributed by atoms with Gasteiger partial charge in [0.15, 0.2) is 0 Å². The molecule has 0 N–H and O–H groups in total. The van der Waals surface area contributed by atoms with Gasteiger partial charge in [-0.15, -0.1) is 6.42 Å². The first-order valence-corrected chi connectivity index (χ1v) is 6.12.